The molecule has 122 valence electrons. The summed E-state index contributed by atoms with van der Waals surface area (Å²) in [5.74, 6) is -1.65. The minimum Gasteiger partial charge on any atom is -0.347 e. The molecule has 24 heavy (non-hydrogen) atoms. The molecule has 6 heteroatoms. The molecule has 0 spiro atoms. The summed E-state index contributed by atoms with van der Waals surface area (Å²) < 4.78 is 28.0. The first-order valence-electron chi connectivity index (χ1n) is 7.33. The fraction of sp³-hybridized carbons (Fsp3) is 0.111. The molecular formula is C18H15F2N3O. The summed E-state index contributed by atoms with van der Waals surface area (Å²) >= 11 is 0. The molecule has 3 aromatic rings. The lowest BCUT2D eigenvalue weighted by Gasteiger charge is -2.06. The van der Waals surface area contributed by atoms with Crippen molar-refractivity contribution in [2.75, 3.05) is 0 Å². The highest BCUT2D eigenvalue weighted by Gasteiger charge is 2.13. The van der Waals surface area contributed by atoms with Crippen LogP contribution < -0.4 is 5.32 Å². The molecular weight excluding hydrogens is 312 g/mol. The molecule has 1 amide bonds. The van der Waals surface area contributed by atoms with Crippen molar-refractivity contribution in [3.8, 4) is 11.1 Å². The van der Waals surface area contributed by atoms with Gasteiger partial charge in [0.1, 0.15) is 17.3 Å². The molecule has 0 aliphatic carbocycles. The number of aryl methyl sites for hydroxylation is 1. The molecule has 0 aliphatic rings. The van der Waals surface area contributed by atoms with Crippen molar-refractivity contribution in [3.63, 3.8) is 0 Å². The Balaban J connectivity index is 1.74. The number of rotatable bonds is 4. The van der Waals surface area contributed by atoms with E-state index in [4.69, 9.17) is 0 Å². The van der Waals surface area contributed by atoms with Crippen molar-refractivity contribution in [2.45, 2.75) is 6.54 Å². The Labute approximate surface area is 137 Å². The minimum absolute atomic E-state index is 0.0449. The maximum atomic E-state index is 13.2. The van der Waals surface area contributed by atoms with E-state index < -0.39 is 11.6 Å². The van der Waals surface area contributed by atoms with E-state index in [2.05, 4.69) is 10.3 Å². The maximum absolute atomic E-state index is 13.2. The van der Waals surface area contributed by atoms with Crippen molar-refractivity contribution in [2.24, 2.45) is 7.05 Å². The molecule has 0 bridgehead atoms. The number of aromatic nitrogens is 2. The molecule has 0 saturated heterocycles. The summed E-state index contributed by atoms with van der Waals surface area (Å²) in [5.41, 5.74) is 2.66. The molecule has 2 heterocycles. The first-order valence-corrected chi connectivity index (χ1v) is 7.33. The van der Waals surface area contributed by atoms with E-state index in [0.29, 0.717) is 11.3 Å². The van der Waals surface area contributed by atoms with Crippen LogP contribution in [0.25, 0.3) is 11.1 Å². The summed E-state index contributed by atoms with van der Waals surface area (Å²) in [6.45, 7) is 0.0449. The maximum Gasteiger partial charge on any atom is 0.268 e. The van der Waals surface area contributed by atoms with Gasteiger partial charge in [-0.2, -0.15) is 0 Å². The van der Waals surface area contributed by atoms with Gasteiger partial charge in [-0.1, -0.05) is 0 Å². The van der Waals surface area contributed by atoms with E-state index >= 15 is 0 Å². The van der Waals surface area contributed by atoms with Gasteiger partial charge in [0.25, 0.3) is 5.91 Å². The fourth-order valence-corrected chi connectivity index (χ4v) is 2.48. The van der Waals surface area contributed by atoms with Gasteiger partial charge in [0.15, 0.2) is 0 Å². The number of pyridine rings is 1. The van der Waals surface area contributed by atoms with Crippen LogP contribution in [0, 0.1) is 11.6 Å². The lowest BCUT2D eigenvalue weighted by atomic mass is 10.1. The lowest BCUT2D eigenvalue weighted by Crippen LogP contribution is -2.24. The number of hydrogen-bond acceptors (Lipinski definition) is 2. The monoisotopic (exact) mass is 327 g/mol. The summed E-state index contributed by atoms with van der Waals surface area (Å²) in [6.07, 6.45) is 5.20. The van der Waals surface area contributed by atoms with Gasteiger partial charge >= 0.3 is 0 Å². The van der Waals surface area contributed by atoms with Crippen LogP contribution in [0.3, 0.4) is 0 Å². The van der Waals surface area contributed by atoms with E-state index in [1.54, 1.807) is 30.1 Å². The normalized spacial score (nSPS) is 10.6. The van der Waals surface area contributed by atoms with Crippen molar-refractivity contribution in [1.29, 1.82) is 0 Å². The molecule has 0 aliphatic heterocycles. The molecule has 0 saturated carbocycles. The predicted octanol–water partition coefficient (Wildman–Crippen LogP) is 3.30. The molecule has 1 aromatic carbocycles. The van der Waals surface area contributed by atoms with Crippen molar-refractivity contribution >= 4 is 5.91 Å². The van der Waals surface area contributed by atoms with Crippen LogP contribution in [0.2, 0.25) is 0 Å². The highest BCUT2D eigenvalue weighted by molar-refractivity contribution is 5.94. The van der Waals surface area contributed by atoms with Crippen LogP contribution in [-0.2, 0) is 13.6 Å². The molecule has 0 unspecified atom stereocenters. The highest BCUT2D eigenvalue weighted by Crippen LogP contribution is 2.21. The van der Waals surface area contributed by atoms with Gasteiger partial charge in [0.2, 0.25) is 0 Å². The van der Waals surface area contributed by atoms with Gasteiger partial charge < -0.3 is 9.88 Å². The molecule has 1 N–H and O–H groups in total. The van der Waals surface area contributed by atoms with Crippen LogP contribution >= 0.6 is 0 Å². The standard InChI is InChI=1S/C18H15F2N3O/c1-23-11-14(13-2-4-21-5-3-13)8-17(23)18(24)22-10-12-6-15(19)9-16(20)7-12/h2-9,11H,10H2,1H3,(H,22,24). The SMILES string of the molecule is Cn1cc(-c2ccncc2)cc1C(=O)NCc1cc(F)cc(F)c1. The quantitative estimate of drug-likeness (QED) is 0.799. The second-order valence-electron chi connectivity index (χ2n) is 5.42. The van der Waals surface area contributed by atoms with Crippen molar-refractivity contribution in [3.05, 3.63) is 77.9 Å². The summed E-state index contributed by atoms with van der Waals surface area (Å²) in [5, 5.41) is 2.67. The lowest BCUT2D eigenvalue weighted by molar-refractivity contribution is 0.0942. The Hall–Kier alpha value is -3.02. The number of carbonyl (C=O) groups is 1. The average Bonchev–Trinajstić information content (AvgIpc) is 2.94. The van der Waals surface area contributed by atoms with Crippen LogP contribution in [0.4, 0.5) is 8.78 Å². The third-order valence-electron chi connectivity index (χ3n) is 3.63. The molecule has 2 aromatic heterocycles. The Morgan fingerprint density at radius 3 is 2.42 bits per heavy atom. The largest absolute Gasteiger partial charge is 0.347 e. The van der Waals surface area contributed by atoms with E-state index in [9.17, 15) is 13.6 Å². The zero-order valence-electron chi connectivity index (χ0n) is 13.0. The van der Waals surface area contributed by atoms with E-state index in [-0.39, 0.29) is 12.5 Å². The van der Waals surface area contributed by atoms with Gasteiger partial charge in [0, 0.05) is 43.8 Å². The molecule has 0 atom stereocenters. The Kier molecular flexibility index (Phi) is 4.37. The minimum atomic E-state index is -0.668. The number of nitrogens with one attached hydrogen (secondary N) is 1. The van der Waals surface area contributed by atoms with Gasteiger partial charge in [0.05, 0.1) is 0 Å². The summed E-state index contributed by atoms with van der Waals surface area (Å²) in [7, 11) is 1.77. The third kappa shape index (κ3) is 3.48. The number of benzene rings is 1. The van der Waals surface area contributed by atoms with E-state index in [1.165, 1.54) is 12.1 Å². The van der Waals surface area contributed by atoms with Crippen LogP contribution in [0.1, 0.15) is 16.1 Å². The zero-order valence-corrected chi connectivity index (χ0v) is 13.0. The summed E-state index contributed by atoms with van der Waals surface area (Å²) in [4.78, 5) is 16.3. The van der Waals surface area contributed by atoms with Crippen LogP contribution in [-0.4, -0.2) is 15.5 Å². The zero-order chi connectivity index (χ0) is 17.1. The molecule has 0 fully saturated rings. The summed E-state index contributed by atoms with van der Waals surface area (Å²) in [6, 6.07) is 8.65. The van der Waals surface area contributed by atoms with Crippen LogP contribution in [0.15, 0.2) is 55.0 Å². The highest BCUT2D eigenvalue weighted by atomic mass is 19.1. The Bertz CT molecular complexity index is 855. The smallest absolute Gasteiger partial charge is 0.268 e. The molecule has 4 nitrogen and oxygen atoms in total. The topological polar surface area (TPSA) is 46.9 Å². The number of hydrogen-bond donors (Lipinski definition) is 1. The third-order valence-corrected chi connectivity index (χ3v) is 3.63. The van der Waals surface area contributed by atoms with Crippen molar-refractivity contribution < 1.29 is 13.6 Å². The van der Waals surface area contributed by atoms with Gasteiger partial charge in [-0.25, -0.2) is 8.78 Å². The van der Waals surface area contributed by atoms with Gasteiger partial charge in [-0.05, 0) is 41.5 Å². The van der Waals surface area contributed by atoms with E-state index in [1.807, 2.05) is 18.3 Å². The average molecular weight is 327 g/mol. The Morgan fingerprint density at radius 1 is 1.08 bits per heavy atom. The number of nitrogens with zero attached hydrogens (tertiary/aromatic N) is 2. The Morgan fingerprint density at radius 2 is 1.75 bits per heavy atom. The predicted molar refractivity (Wildman–Crippen MR) is 86.2 cm³/mol. The molecule has 0 radical (unpaired) electrons. The fourth-order valence-electron chi connectivity index (χ4n) is 2.48. The molecule has 3 rings (SSSR count). The number of halogens is 2. The first kappa shape index (κ1) is 15.9. The van der Waals surface area contributed by atoms with E-state index in [0.717, 1.165) is 17.2 Å². The number of amides is 1. The number of carbonyl (C=O) groups excluding carboxylic acids is 1. The van der Waals surface area contributed by atoms with Crippen LogP contribution in [0.5, 0.6) is 0 Å². The van der Waals surface area contributed by atoms with Crippen molar-refractivity contribution in [1.82, 2.24) is 14.9 Å². The van der Waals surface area contributed by atoms with Gasteiger partial charge in [-0.15, -0.1) is 0 Å². The van der Waals surface area contributed by atoms with Gasteiger partial charge in [-0.3, -0.25) is 9.78 Å². The second kappa shape index (κ2) is 6.62. The second-order valence-corrected chi connectivity index (χ2v) is 5.42. The first-order chi connectivity index (χ1) is 11.5.